The minimum atomic E-state index is -4.59. The lowest BCUT2D eigenvalue weighted by Crippen LogP contribution is -2.61. The number of hydrazine groups is 1. The molecule has 2 saturated heterocycles. The Labute approximate surface area is 225 Å². The highest BCUT2D eigenvalue weighted by Gasteiger charge is 2.67. The Morgan fingerprint density at radius 2 is 1.92 bits per heavy atom. The molecule has 3 unspecified atom stereocenters. The van der Waals surface area contributed by atoms with Gasteiger partial charge >= 0.3 is 11.9 Å². The third kappa shape index (κ3) is 4.35. The number of nitrogens with zero attached hydrogens (tertiary/aromatic N) is 4. The average Bonchev–Trinajstić information content (AvgIpc) is 3.17. The summed E-state index contributed by atoms with van der Waals surface area (Å²) in [6.45, 7) is 1.69. The van der Waals surface area contributed by atoms with Gasteiger partial charge in [0.1, 0.15) is 6.17 Å². The predicted molar refractivity (Wildman–Crippen MR) is 138 cm³/mol. The van der Waals surface area contributed by atoms with Gasteiger partial charge in [-0.2, -0.15) is 13.2 Å². The normalized spacial score (nSPS) is 32.7. The third-order valence-electron chi connectivity index (χ3n) is 10.5. The van der Waals surface area contributed by atoms with Gasteiger partial charge in [-0.25, -0.2) is 20.0 Å². The molecule has 7 nitrogen and oxygen atoms in total. The van der Waals surface area contributed by atoms with E-state index in [1.807, 2.05) is 4.90 Å². The maximum absolute atomic E-state index is 14.2. The summed E-state index contributed by atoms with van der Waals surface area (Å²) >= 11 is 0. The quantitative estimate of drug-likeness (QED) is 0.545. The molecule has 0 radical (unpaired) electrons. The van der Waals surface area contributed by atoms with Gasteiger partial charge in [0, 0.05) is 43.5 Å². The molecule has 4 atom stereocenters. The minimum absolute atomic E-state index is 0.0974. The fraction of sp³-hybridized carbons (Fsp3) is 0.750. The zero-order chi connectivity index (χ0) is 27.2. The van der Waals surface area contributed by atoms with Crippen molar-refractivity contribution in [3.8, 4) is 0 Å². The monoisotopic (exact) mass is 550 g/mol. The molecule has 0 aromatic carbocycles. The molecule has 11 heteroatoms. The Hall–Kier alpha value is -1.95. The van der Waals surface area contributed by atoms with Crippen LogP contribution in [0.25, 0.3) is 5.52 Å². The Kier molecular flexibility index (Phi) is 6.01. The summed E-state index contributed by atoms with van der Waals surface area (Å²) in [4.78, 5) is 17.8. The van der Waals surface area contributed by atoms with E-state index in [0.717, 1.165) is 38.4 Å². The number of rotatable bonds is 5. The molecular formula is C28H38F4N6O. The zero-order valence-electron chi connectivity index (χ0n) is 22.4. The van der Waals surface area contributed by atoms with Crippen molar-refractivity contribution in [2.75, 3.05) is 26.8 Å². The van der Waals surface area contributed by atoms with Crippen LogP contribution in [0.5, 0.6) is 0 Å². The summed E-state index contributed by atoms with van der Waals surface area (Å²) in [5.74, 6) is 0.402. The summed E-state index contributed by atoms with van der Waals surface area (Å²) < 4.78 is 59.1. The lowest BCUT2D eigenvalue weighted by Gasteiger charge is -2.59. The summed E-state index contributed by atoms with van der Waals surface area (Å²) in [5.41, 5.74) is 6.50. The molecule has 3 saturated carbocycles. The standard InChI is InChI=1S/C28H38F4N6O/c1-35-17-33-34-24(35)27(15-26(16-27)6-7-26)19-3-2-4-21(10-19)37-14-23-22(28(30,31)32)9-18(12-38(23)25(37)39)11-36-8-5-20(29)13-36/h9,12,14,19-21,24,33-34H,2-8,10-11,13,15-17H2,1H3/t19?,20-,21?,24?/m0/s1. The zero-order valence-corrected chi connectivity index (χ0v) is 22.4. The molecule has 214 valence electrons. The molecule has 2 aromatic heterocycles. The highest BCUT2D eigenvalue weighted by molar-refractivity contribution is 5.56. The summed E-state index contributed by atoms with van der Waals surface area (Å²) in [7, 11) is 2.13. The van der Waals surface area contributed by atoms with Crippen LogP contribution in [0, 0.1) is 16.7 Å². The van der Waals surface area contributed by atoms with E-state index in [-0.39, 0.29) is 36.2 Å². The van der Waals surface area contributed by atoms with Crippen LogP contribution in [-0.4, -0.2) is 57.9 Å². The molecule has 4 heterocycles. The number of aromatic nitrogens is 2. The lowest BCUT2D eigenvalue weighted by molar-refractivity contribution is -0.136. The van der Waals surface area contributed by atoms with E-state index in [4.69, 9.17) is 0 Å². The molecule has 5 fully saturated rings. The van der Waals surface area contributed by atoms with Gasteiger partial charge in [-0.3, -0.25) is 18.8 Å². The number of pyridine rings is 1. The first-order chi connectivity index (χ1) is 18.6. The van der Waals surface area contributed by atoms with Crippen LogP contribution in [-0.2, 0) is 12.7 Å². The van der Waals surface area contributed by atoms with Crippen molar-refractivity contribution in [2.24, 2.45) is 16.7 Å². The van der Waals surface area contributed by atoms with Gasteiger partial charge in [0.2, 0.25) is 0 Å². The summed E-state index contributed by atoms with van der Waals surface area (Å²) in [5, 5.41) is 0. The molecule has 3 aliphatic carbocycles. The van der Waals surface area contributed by atoms with Crippen LogP contribution >= 0.6 is 0 Å². The van der Waals surface area contributed by atoms with Gasteiger partial charge in [-0.15, -0.1) is 0 Å². The van der Waals surface area contributed by atoms with Crippen LogP contribution in [0.15, 0.2) is 23.3 Å². The maximum atomic E-state index is 14.2. The number of hydrogen-bond acceptors (Lipinski definition) is 5. The molecular weight excluding hydrogens is 512 g/mol. The number of likely N-dealkylation sites (tertiary alicyclic amines) is 1. The van der Waals surface area contributed by atoms with Crippen molar-refractivity contribution < 1.29 is 17.6 Å². The highest BCUT2D eigenvalue weighted by Crippen LogP contribution is 2.73. The van der Waals surface area contributed by atoms with E-state index in [0.29, 0.717) is 29.9 Å². The third-order valence-corrected chi connectivity index (χ3v) is 10.5. The van der Waals surface area contributed by atoms with Crippen LogP contribution < -0.4 is 16.5 Å². The van der Waals surface area contributed by atoms with E-state index in [1.165, 1.54) is 42.5 Å². The molecule has 5 aliphatic rings. The number of alkyl halides is 4. The summed E-state index contributed by atoms with van der Waals surface area (Å²) in [6.07, 6.45) is 6.64. The number of hydrogen-bond donors (Lipinski definition) is 2. The first-order valence-electron chi connectivity index (χ1n) is 14.5. The van der Waals surface area contributed by atoms with Crippen LogP contribution in [0.2, 0.25) is 0 Å². The number of halogens is 4. The van der Waals surface area contributed by atoms with Crippen LogP contribution in [0.3, 0.4) is 0 Å². The fourth-order valence-corrected chi connectivity index (χ4v) is 8.60. The minimum Gasteiger partial charge on any atom is -0.296 e. The van der Waals surface area contributed by atoms with Crippen molar-refractivity contribution in [1.29, 1.82) is 0 Å². The van der Waals surface area contributed by atoms with E-state index < -0.39 is 23.6 Å². The summed E-state index contributed by atoms with van der Waals surface area (Å²) in [6, 6.07) is 1.01. The Balaban J connectivity index is 1.21. The van der Waals surface area contributed by atoms with Gasteiger partial charge in [0.15, 0.2) is 0 Å². The Morgan fingerprint density at radius 1 is 1.13 bits per heavy atom. The van der Waals surface area contributed by atoms with E-state index >= 15 is 0 Å². The second-order valence-corrected chi connectivity index (χ2v) is 13.2. The number of fused-ring (bicyclic) bond motifs is 1. The topological polar surface area (TPSA) is 56.9 Å². The van der Waals surface area contributed by atoms with E-state index in [9.17, 15) is 22.4 Å². The van der Waals surface area contributed by atoms with Crippen LogP contribution in [0.4, 0.5) is 17.6 Å². The molecule has 0 amide bonds. The predicted octanol–water partition coefficient (Wildman–Crippen LogP) is 4.28. The second kappa shape index (κ2) is 9.03. The Bertz CT molecular complexity index is 1310. The van der Waals surface area contributed by atoms with Crippen molar-refractivity contribution in [3.63, 3.8) is 0 Å². The van der Waals surface area contributed by atoms with Gasteiger partial charge < -0.3 is 0 Å². The van der Waals surface area contributed by atoms with E-state index in [1.54, 1.807) is 4.57 Å². The van der Waals surface area contributed by atoms with Gasteiger partial charge in [0.25, 0.3) is 0 Å². The molecule has 2 aromatic rings. The maximum Gasteiger partial charge on any atom is 0.418 e. The molecule has 39 heavy (non-hydrogen) atoms. The van der Waals surface area contributed by atoms with Crippen molar-refractivity contribution >= 4 is 5.52 Å². The van der Waals surface area contributed by atoms with Crippen molar-refractivity contribution in [2.45, 2.75) is 88.9 Å². The highest BCUT2D eigenvalue weighted by atomic mass is 19.4. The molecule has 0 bridgehead atoms. The SMILES string of the molecule is CN1CNNC1C1(C2CCCC(n3cc4c(C(F)(F)F)cc(CN5CC[C@H](F)C5)cn4c3=O)C2)CC2(CC2)C1. The first-order valence-corrected chi connectivity index (χ1v) is 14.5. The van der Waals surface area contributed by atoms with E-state index in [2.05, 4.69) is 22.8 Å². The molecule has 2 aliphatic heterocycles. The van der Waals surface area contributed by atoms with Gasteiger partial charge in [-0.1, -0.05) is 6.42 Å². The average molecular weight is 551 g/mol. The Morgan fingerprint density at radius 3 is 2.56 bits per heavy atom. The smallest absolute Gasteiger partial charge is 0.296 e. The second-order valence-electron chi connectivity index (χ2n) is 13.2. The van der Waals surface area contributed by atoms with Crippen molar-refractivity contribution in [1.82, 2.24) is 29.6 Å². The van der Waals surface area contributed by atoms with Crippen LogP contribution in [0.1, 0.15) is 75.0 Å². The molecule has 2 N–H and O–H groups in total. The van der Waals surface area contributed by atoms with Crippen molar-refractivity contribution in [3.05, 3.63) is 40.1 Å². The van der Waals surface area contributed by atoms with Gasteiger partial charge in [-0.05, 0) is 81.4 Å². The molecule has 1 spiro atoms. The fourth-order valence-electron chi connectivity index (χ4n) is 8.60. The number of imidazole rings is 1. The largest absolute Gasteiger partial charge is 0.418 e. The first kappa shape index (κ1) is 26.0. The van der Waals surface area contributed by atoms with Gasteiger partial charge in [0.05, 0.1) is 23.9 Å². The lowest BCUT2D eigenvalue weighted by atomic mass is 9.49. The number of nitrogens with one attached hydrogen (secondary N) is 2. The molecule has 7 rings (SSSR count).